The van der Waals surface area contributed by atoms with E-state index in [1.165, 1.54) is 25.7 Å². The molecular weight excluding hydrogens is 608 g/mol. The zero-order valence-corrected chi connectivity index (χ0v) is 29.0. The molecule has 2 saturated carbocycles. The molecule has 4 fully saturated rings. The highest BCUT2D eigenvalue weighted by molar-refractivity contribution is 5.95. The average molecular weight is 661 g/mol. The second-order valence-corrected chi connectivity index (χ2v) is 15.4. The van der Waals surface area contributed by atoms with Crippen LogP contribution in [0.25, 0.3) is 0 Å². The van der Waals surface area contributed by atoms with Crippen LogP contribution in [0, 0.1) is 28.6 Å². The highest BCUT2D eigenvalue weighted by Gasteiger charge is 2.62. The molecule has 11 heteroatoms. The standard InChI is InChI=1S/C37H52N6O5/c1-25(48-21-27-14-8-5-6-9-15-27)31(33(45)38-4)40-32(44)30-20-41(22-37(30)23-42(24-37)35(47)29-16-36(29,2)3)34(46)28-17-39-43(19-28)18-26-12-10-7-11-13-26/h7,10-13,17,19,25,27,29-31H,5-6,8-9,14-16,18,20-24H2,1-4H3,(H,38,45)(H,40,44)/t25-,29-,30+,31+/m1/s1. The van der Waals surface area contributed by atoms with Crippen molar-refractivity contribution in [2.75, 3.05) is 39.8 Å². The zero-order chi connectivity index (χ0) is 34.1. The summed E-state index contributed by atoms with van der Waals surface area (Å²) in [5.74, 6) is -0.799. The lowest BCUT2D eigenvalue weighted by atomic mass is 9.70. The van der Waals surface area contributed by atoms with Gasteiger partial charge in [0.15, 0.2) is 0 Å². The summed E-state index contributed by atoms with van der Waals surface area (Å²) in [4.78, 5) is 58.0. The monoisotopic (exact) mass is 660 g/mol. The lowest BCUT2D eigenvalue weighted by molar-refractivity contribution is -0.152. The normalized spacial score (nSPS) is 24.3. The summed E-state index contributed by atoms with van der Waals surface area (Å²) in [5, 5.41) is 10.1. The van der Waals surface area contributed by atoms with E-state index >= 15 is 0 Å². The maximum Gasteiger partial charge on any atom is 0.257 e. The number of carbonyl (C=O) groups excluding carboxylic acids is 4. The van der Waals surface area contributed by atoms with Gasteiger partial charge in [-0.05, 0) is 43.1 Å². The molecule has 4 atom stereocenters. The predicted octanol–water partition coefficient (Wildman–Crippen LogP) is 3.48. The van der Waals surface area contributed by atoms with Crippen LogP contribution in [0.15, 0.2) is 42.7 Å². The Morgan fingerprint density at radius 3 is 2.29 bits per heavy atom. The van der Waals surface area contributed by atoms with Crippen LogP contribution in [0.2, 0.25) is 0 Å². The number of hydrogen-bond donors (Lipinski definition) is 2. The van der Waals surface area contributed by atoms with Crippen LogP contribution in [-0.2, 0) is 25.7 Å². The highest BCUT2D eigenvalue weighted by atomic mass is 16.5. The van der Waals surface area contributed by atoms with E-state index in [-0.39, 0.29) is 41.5 Å². The van der Waals surface area contributed by atoms with E-state index in [2.05, 4.69) is 29.6 Å². The number of rotatable bonds is 11. The molecule has 0 unspecified atom stereocenters. The fourth-order valence-corrected chi connectivity index (χ4v) is 8.02. The Morgan fingerprint density at radius 2 is 1.65 bits per heavy atom. The van der Waals surface area contributed by atoms with Crippen molar-refractivity contribution in [3.8, 4) is 0 Å². The van der Waals surface area contributed by atoms with E-state index in [0.717, 1.165) is 24.8 Å². The van der Waals surface area contributed by atoms with E-state index in [9.17, 15) is 19.2 Å². The van der Waals surface area contributed by atoms with Crippen LogP contribution in [0.4, 0.5) is 0 Å². The van der Waals surface area contributed by atoms with Crippen LogP contribution in [0.3, 0.4) is 0 Å². The van der Waals surface area contributed by atoms with Gasteiger partial charge >= 0.3 is 0 Å². The molecule has 2 saturated heterocycles. The van der Waals surface area contributed by atoms with E-state index in [1.807, 2.05) is 42.2 Å². The molecule has 3 heterocycles. The summed E-state index contributed by atoms with van der Waals surface area (Å²) in [7, 11) is 1.56. The highest BCUT2D eigenvalue weighted by Crippen LogP contribution is 2.54. The molecule has 6 rings (SSSR count). The fraction of sp³-hybridized carbons (Fsp3) is 0.649. The van der Waals surface area contributed by atoms with Gasteiger partial charge in [-0.15, -0.1) is 0 Å². The Morgan fingerprint density at radius 1 is 0.979 bits per heavy atom. The first-order valence-corrected chi connectivity index (χ1v) is 17.8. The van der Waals surface area contributed by atoms with Crippen LogP contribution >= 0.6 is 0 Å². The number of likely N-dealkylation sites (N-methyl/N-ethyl adjacent to an activating group) is 1. The van der Waals surface area contributed by atoms with Gasteiger partial charge in [0.2, 0.25) is 17.7 Å². The van der Waals surface area contributed by atoms with E-state index in [4.69, 9.17) is 4.74 Å². The maximum absolute atomic E-state index is 14.2. The summed E-state index contributed by atoms with van der Waals surface area (Å²) in [5.41, 5.74) is 0.944. The van der Waals surface area contributed by atoms with Crippen LogP contribution < -0.4 is 10.6 Å². The van der Waals surface area contributed by atoms with Gasteiger partial charge in [-0.3, -0.25) is 23.9 Å². The topological polar surface area (TPSA) is 126 Å². The van der Waals surface area contributed by atoms with Crippen molar-refractivity contribution >= 4 is 23.6 Å². The number of amides is 4. The molecule has 2 N–H and O–H groups in total. The van der Waals surface area contributed by atoms with E-state index in [0.29, 0.717) is 44.3 Å². The second-order valence-electron chi connectivity index (χ2n) is 15.4. The Labute approximate surface area is 284 Å². The minimum atomic E-state index is -0.878. The largest absolute Gasteiger partial charge is 0.376 e. The number of carbonyl (C=O) groups is 4. The van der Waals surface area contributed by atoms with Crippen molar-refractivity contribution in [2.45, 2.75) is 84.4 Å². The molecule has 4 aliphatic rings. The first-order valence-electron chi connectivity index (χ1n) is 17.8. The molecule has 11 nitrogen and oxygen atoms in total. The van der Waals surface area contributed by atoms with Crippen LogP contribution in [0.5, 0.6) is 0 Å². The van der Waals surface area contributed by atoms with Crippen molar-refractivity contribution in [1.82, 2.24) is 30.2 Å². The minimum Gasteiger partial charge on any atom is -0.376 e. The minimum absolute atomic E-state index is 0.000748. The molecule has 48 heavy (non-hydrogen) atoms. The van der Waals surface area contributed by atoms with Gasteiger partial charge < -0.3 is 25.2 Å². The first kappa shape index (κ1) is 34.1. The number of likely N-dealkylation sites (tertiary alicyclic amines) is 2. The number of nitrogens with one attached hydrogen (secondary N) is 2. The van der Waals surface area contributed by atoms with Gasteiger partial charge in [-0.1, -0.05) is 69.9 Å². The molecule has 1 spiro atoms. The number of aromatic nitrogens is 2. The third kappa shape index (κ3) is 7.31. The molecule has 1 aromatic carbocycles. The van der Waals surface area contributed by atoms with Gasteiger partial charge in [0.25, 0.3) is 5.91 Å². The third-order valence-corrected chi connectivity index (χ3v) is 11.3. The van der Waals surface area contributed by atoms with E-state index in [1.54, 1.807) is 29.0 Å². The Hall–Kier alpha value is -3.73. The molecule has 260 valence electrons. The fourth-order valence-electron chi connectivity index (χ4n) is 8.02. The summed E-state index contributed by atoms with van der Waals surface area (Å²) in [6.07, 6.45) is 10.8. The molecular formula is C37H52N6O5. The van der Waals surface area contributed by atoms with Gasteiger partial charge in [-0.25, -0.2) is 0 Å². The molecule has 4 amide bonds. The van der Waals surface area contributed by atoms with Gasteiger partial charge in [0.05, 0.1) is 30.3 Å². The second kappa shape index (κ2) is 14.0. The van der Waals surface area contributed by atoms with Crippen molar-refractivity contribution in [1.29, 1.82) is 0 Å². The van der Waals surface area contributed by atoms with Gasteiger partial charge in [-0.2, -0.15) is 5.10 Å². The lowest BCUT2D eigenvalue weighted by Crippen LogP contribution is -2.65. The zero-order valence-electron chi connectivity index (χ0n) is 29.0. The van der Waals surface area contributed by atoms with Crippen molar-refractivity contribution in [3.05, 3.63) is 53.9 Å². The molecule has 0 bridgehead atoms. The van der Waals surface area contributed by atoms with Crippen LogP contribution in [0.1, 0.15) is 81.6 Å². The lowest BCUT2D eigenvalue weighted by Gasteiger charge is -2.50. The quantitative estimate of drug-likeness (QED) is 0.356. The molecule has 1 aromatic heterocycles. The number of ether oxygens (including phenoxy) is 1. The summed E-state index contributed by atoms with van der Waals surface area (Å²) in [6, 6.07) is 9.04. The van der Waals surface area contributed by atoms with Crippen molar-refractivity contribution in [3.63, 3.8) is 0 Å². The SMILES string of the molecule is CNC(=O)[C@@H](NC(=O)[C@@H]1CN(C(=O)c2cnn(Cc3ccccc3)c2)CC12CN(C(=O)[C@H]1CC1(C)C)C2)[C@@H](C)OCC1CCCCCC1. The number of nitrogens with zero attached hydrogens (tertiary/aromatic N) is 4. The van der Waals surface area contributed by atoms with Crippen LogP contribution in [-0.4, -0.2) is 95.2 Å². The summed E-state index contributed by atoms with van der Waals surface area (Å²) < 4.78 is 7.98. The molecule has 2 aliphatic carbocycles. The number of hydrogen-bond acceptors (Lipinski definition) is 6. The Kier molecular flexibility index (Phi) is 9.97. The van der Waals surface area contributed by atoms with E-state index < -0.39 is 23.5 Å². The smallest absolute Gasteiger partial charge is 0.257 e. The first-order chi connectivity index (χ1) is 23.0. The Balaban J connectivity index is 1.16. The maximum atomic E-state index is 14.2. The molecule has 2 aromatic rings. The number of benzene rings is 1. The van der Waals surface area contributed by atoms with Gasteiger partial charge in [0, 0.05) is 57.4 Å². The van der Waals surface area contributed by atoms with Gasteiger partial charge in [0.1, 0.15) is 6.04 Å². The average Bonchev–Trinajstić information content (AvgIpc) is 3.34. The Bertz CT molecular complexity index is 1480. The molecule has 0 radical (unpaired) electrons. The van der Waals surface area contributed by atoms with Crippen molar-refractivity contribution in [2.24, 2.45) is 28.6 Å². The third-order valence-electron chi connectivity index (χ3n) is 11.3. The molecule has 2 aliphatic heterocycles. The summed E-state index contributed by atoms with van der Waals surface area (Å²) >= 11 is 0. The summed E-state index contributed by atoms with van der Waals surface area (Å²) in [6.45, 7) is 8.52. The predicted molar refractivity (Wildman–Crippen MR) is 181 cm³/mol. The van der Waals surface area contributed by atoms with Crippen molar-refractivity contribution < 1.29 is 23.9 Å².